The lowest BCUT2D eigenvalue weighted by Crippen LogP contribution is -2.31. The van der Waals surface area contributed by atoms with Gasteiger partial charge >= 0.3 is 5.97 Å². The quantitative estimate of drug-likeness (QED) is 0.606. The number of hydrogen-bond donors (Lipinski definition) is 1. The summed E-state index contributed by atoms with van der Waals surface area (Å²) in [6, 6.07) is 9.52. The van der Waals surface area contributed by atoms with E-state index in [2.05, 4.69) is 5.10 Å². The molecule has 1 aliphatic rings. The molecule has 1 N–H and O–H groups in total. The number of aliphatic carboxylic acids is 1. The summed E-state index contributed by atoms with van der Waals surface area (Å²) in [7, 11) is 0. The molecule has 6 nitrogen and oxygen atoms in total. The van der Waals surface area contributed by atoms with Crippen molar-refractivity contribution in [3.8, 4) is 11.3 Å². The van der Waals surface area contributed by atoms with E-state index in [1.165, 1.54) is 16.8 Å². The minimum absolute atomic E-state index is 0.0620. The smallest absolute Gasteiger partial charge is 0.325 e. The van der Waals surface area contributed by atoms with Gasteiger partial charge in [-0.15, -0.1) is 0 Å². The number of nitrogens with zero attached hydrogens (tertiary/aromatic N) is 3. The first kappa shape index (κ1) is 20.3. The van der Waals surface area contributed by atoms with Crippen molar-refractivity contribution in [1.82, 2.24) is 14.7 Å². The van der Waals surface area contributed by atoms with Crippen molar-refractivity contribution in [2.45, 2.75) is 32.9 Å². The molecule has 0 radical (unpaired) electrons. The number of carbonyl (C=O) groups excluding carboxylic acids is 1. The molecule has 8 heteroatoms. The zero-order chi connectivity index (χ0) is 21.4. The Morgan fingerprint density at radius 3 is 2.73 bits per heavy atom. The summed E-state index contributed by atoms with van der Waals surface area (Å²) in [6.45, 7) is 2.33. The normalized spacial score (nSPS) is 13.6. The Balaban J connectivity index is 1.84. The van der Waals surface area contributed by atoms with Gasteiger partial charge in [0.1, 0.15) is 18.1 Å². The molecular weight excluding hydrogens is 409 g/mol. The van der Waals surface area contributed by atoms with Crippen LogP contribution in [0.5, 0.6) is 0 Å². The van der Waals surface area contributed by atoms with Gasteiger partial charge in [-0.3, -0.25) is 14.3 Å². The van der Waals surface area contributed by atoms with Crippen LogP contribution in [-0.2, 0) is 22.7 Å². The summed E-state index contributed by atoms with van der Waals surface area (Å²) in [5.41, 5.74) is 2.28. The van der Waals surface area contributed by atoms with Crippen LogP contribution in [0.4, 0.5) is 4.39 Å². The van der Waals surface area contributed by atoms with Crippen LogP contribution in [0.2, 0.25) is 5.02 Å². The minimum atomic E-state index is -1.03. The summed E-state index contributed by atoms with van der Waals surface area (Å²) >= 11 is 6.44. The van der Waals surface area contributed by atoms with E-state index in [0.717, 1.165) is 12.8 Å². The number of fused-ring (bicyclic) bond motifs is 1. The minimum Gasteiger partial charge on any atom is -0.480 e. The average Bonchev–Trinajstić information content (AvgIpc) is 3.49. The highest BCUT2D eigenvalue weighted by Gasteiger charge is 2.33. The van der Waals surface area contributed by atoms with Gasteiger partial charge in [0.05, 0.1) is 10.5 Å². The SMILES string of the molecule is CCN(Cc1cc(F)ccc1-c1nn(CC(=O)O)c2cccc(Cl)c12)C(=O)C1CC1. The molecule has 1 fully saturated rings. The fourth-order valence-electron chi connectivity index (χ4n) is 3.69. The highest BCUT2D eigenvalue weighted by molar-refractivity contribution is 6.36. The second-order valence-corrected chi connectivity index (χ2v) is 7.87. The average molecular weight is 430 g/mol. The van der Waals surface area contributed by atoms with Crippen LogP contribution in [0.25, 0.3) is 22.2 Å². The zero-order valence-corrected chi connectivity index (χ0v) is 17.2. The van der Waals surface area contributed by atoms with Crippen LogP contribution in [0.1, 0.15) is 25.3 Å². The van der Waals surface area contributed by atoms with Gasteiger partial charge in [0.25, 0.3) is 0 Å². The van der Waals surface area contributed by atoms with Crippen LogP contribution in [-0.4, -0.2) is 38.2 Å². The molecule has 1 heterocycles. The molecule has 1 saturated carbocycles. The molecule has 30 heavy (non-hydrogen) atoms. The molecule has 3 aromatic rings. The van der Waals surface area contributed by atoms with Crippen molar-refractivity contribution >= 4 is 34.4 Å². The first-order valence-electron chi connectivity index (χ1n) is 9.83. The Hall–Kier alpha value is -2.93. The van der Waals surface area contributed by atoms with Crippen molar-refractivity contribution in [3.05, 3.63) is 52.8 Å². The maximum atomic E-state index is 14.1. The van der Waals surface area contributed by atoms with Crippen molar-refractivity contribution in [2.24, 2.45) is 5.92 Å². The summed E-state index contributed by atoms with van der Waals surface area (Å²) in [5, 5.41) is 14.8. The third-order valence-corrected chi connectivity index (χ3v) is 5.63. The topological polar surface area (TPSA) is 75.4 Å². The predicted molar refractivity (Wildman–Crippen MR) is 112 cm³/mol. The second-order valence-electron chi connectivity index (χ2n) is 7.46. The number of rotatable bonds is 7. The van der Waals surface area contributed by atoms with E-state index < -0.39 is 11.8 Å². The van der Waals surface area contributed by atoms with Crippen LogP contribution >= 0.6 is 11.6 Å². The maximum Gasteiger partial charge on any atom is 0.325 e. The van der Waals surface area contributed by atoms with Gasteiger partial charge in [0, 0.05) is 30.0 Å². The molecule has 4 rings (SSSR count). The predicted octanol–water partition coefficient (Wildman–Crippen LogP) is 4.34. The molecule has 0 bridgehead atoms. The van der Waals surface area contributed by atoms with E-state index in [1.54, 1.807) is 29.2 Å². The summed E-state index contributed by atoms with van der Waals surface area (Å²) < 4.78 is 15.5. The van der Waals surface area contributed by atoms with Gasteiger partial charge in [-0.05, 0) is 55.7 Å². The van der Waals surface area contributed by atoms with E-state index >= 15 is 0 Å². The Labute approximate surface area is 177 Å². The van der Waals surface area contributed by atoms with Crippen LogP contribution in [0, 0.1) is 11.7 Å². The Morgan fingerprint density at radius 1 is 1.30 bits per heavy atom. The van der Waals surface area contributed by atoms with Gasteiger partial charge in [0.2, 0.25) is 5.91 Å². The largest absolute Gasteiger partial charge is 0.480 e. The molecule has 2 aromatic carbocycles. The van der Waals surface area contributed by atoms with E-state index in [9.17, 15) is 19.1 Å². The van der Waals surface area contributed by atoms with Gasteiger partial charge in [-0.2, -0.15) is 5.10 Å². The lowest BCUT2D eigenvalue weighted by molar-refractivity contribution is -0.137. The number of carboxylic acid groups (broad SMARTS) is 1. The zero-order valence-electron chi connectivity index (χ0n) is 16.4. The first-order chi connectivity index (χ1) is 14.4. The van der Waals surface area contributed by atoms with E-state index in [4.69, 9.17) is 11.6 Å². The van der Waals surface area contributed by atoms with Gasteiger partial charge in [0.15, 0.2) is 0 Å². The molecule has 0 aliphatic heterocycles. The Bertz CT molecular complexity index is 1140. The molecule has 0 saturated heterocycles. The number of halogens is 2. The Kier molecular flexibility index (Phi) is 5.47. The second kappa shape index (κ2) is 8.07. The van der Waals surface area contributed by atoms with Crippen LogP contribution < -0.4 is 0 Å². The van der Waals surface area contributed by atoms with Crippen molar-refractivity contribution in [1.29, 1.82) is 0 Å². The monoisotopic (exact) mass is 429 g/mol. The molecule has 1 amide bonds. The van der Waals surface area contributed by atoms with E-state index in [1.807, 2.05) is 6.92 Å². The van der Waals surface area contributed by atoms with E-state index in [0.29, 0.717) is 39.3 Å². The van der Waals surface area contributed by atoms with Crippen molar-refractivity contribution < 1.29 is 19.1 Å². The third kappa shape index (κ3) is 3.89. The van der Waals surface area contributed by atoms with Crippen LogP contribution in [0.3, 0.4) is 0 Å². The molecule has 0 spiro atoms. The standard InChI is InChI=1S/C22H21ClFN3O3/c1-2-26(22(30)13-6-7-13)11-14-10-15(24)8-9-16(14)21-20-17(23)4-3-5-18(20)27(25-21)12-19(28)29/h3-5,8-10,13H,2,6-7,11-12H2,1H3,(H,28,29). The molecule has 0 unspecified atom stereocenters. The molecule has 1 aromatic heterocycles. The molecule has 156 valence electrons. The fourth-order valence-corrected chi connectivity index (χ4v) is 3.95. The number of carboxylic acids is 1. The first-order valence-corrected chi connectivity index (χ1v) is 10.2. The number of aromatic nitrogens is 2. The summed E-state index contributed by atoms with van der Waals surface area (Å²) in [6.07, 6.45) is 1.79. The van der Waals surface area contributed by atoms with Gasteiger partial charge < -0.3 is 10.0 Å². The van der Waals surface area contributed by atoms with Gasteiger partial charge in [-0.1, -0.05) is 17.7 Å². The summed E-state index contributed by atoms with van der Waals surface area (Å²) in [4.78, 5) is 25.6. The highest BCUT2D eigenvalue weighted by atomic mass is 35.5. The molecule has 1 aliphatic carbocycles. The molecule has 0 atom stereocenters. The maximum absolute atomic E-state index is 14.1. The number of amides is 1. The lowest BCUT2D eigenvalue weighted by atomic mass is 10.0. The highest BCUT2D eigenvalue weighted by Crippen LogP contribution is 2.36. The number of benzene rings is 2. The number of carbonyl (C=O) groups is 2. The van der Waals surface area contributed by atoms with E-state index in [-0.39, 0.29) is 24.9 Å². The van der Waals surface area contributed by atoms with Crippen LogP contribution in [0.15, 0.2) is 36.4 Å². The van der Waals surface area contributed by atoms with Crippen molar-refractivity contribution in [3.63, 3.8) is 0 Å². The molecular formula is C22H21ClFN3O3. The summed E-state index contributed by atoms with van der Waals surface area (Å²) in [5.74, 6) is -1.31. The van der Waals surface area contributed by atoms with Gasteiger partial charge in [-0.25, -0.2) is 4.39 Å². The number of hydrogen-bond acceptors (Lipinski definition) is 3. The third-order valence-electron chi connectivity index (χ3n) is 5.32. The fraction of sp³-hybridized carbons (Fsp3) is 0.318. The lowest BCUT2D eigenvalue weighted by Gasteiger charge is -2.22. The Morgan fingerprint density at radius 2 is 2.07 bits per heavy atom. The van der Waals surface area contributed by atoms with Crippen molar-refractivity contribution in [2.75, 3.05) is 6.54 Å².